The monoisotopic (exact) mass is 312 g/mol. The van der Waals surface area contributed by atoms with Crippen LogP contribution in [0.2, 0.25) is 0 Å². The molecule has 2 aliphatic rings. The van der Waals surface area contributed by atoms with Crippen molar-refractivity contribution in [3.05, 3.63) is 22.2 Å². The van der Waals surface area contributed by atoms with Crippen molar-refractivity contribution in [1.29, 1.82) is 0 Å². The number of hydrogen-bond donors (Lipinski definition) is 1. The van der Waals surface area contributed by atoms with E-state index in [1.165, 1.54) is 18.4 Å². The first-order valence-electron chi connectivity index (χ1n) is 6.33. The summed E-state index contributed by atoms with van der Waals surface area (Å²) < 4.78 is 11.8. The Balaban J connectivity index is 1.92. The zero-order valence-corrected chi connectivity index (χ0v) is 11.8. The number of fused-ring (bicyclic) bond motifs is 1. The fraction of sp³-hybridized carbons (Fsp3) is 0.538. The molecule has 2 aliphatic heterocycles. The number of likely N-dealkylation sites (tertiary alicyclic amines) is 1. The molecular weight excluding hydrogens is 296 g/mol. The minimum Gasteiger partial charge on any atom is -0.454 e. The third-order valence-corrected chi connectivity index (χ3v) is 4.23. The standard InChI is InChI=1S/C13H17BrN2O2/c14-10-5-9(6-12-13(10)18-8-17-12)11(7-15)16-3-1-2-4-16/h5-6,11H,1-4,7-8,15H2. The first-order chi connectivity index (χ1) is 8.79. The molecule has 3 rings (SSSR count). The molecule has 1 unspecified atom stereocenters. The lowest BCUT2D eigenvalue weighted by molar-refractivity contribution is 0.173. The molecule has 0 aliphatic carbocycles. The molecule has 4 nitrogen and oxygen atoms in total. The molecular formula is C13H17BrN2O2. The maximum Gasteiger partial charge on any atom is 0.231 e. The van der Waals surface area contributed by atoms with E-state index in [-0.39, 0.29) is 6.04 Å². The first kappa shape index (κ1) is 12.3. The number of ether oxygens (including phenoxy) is 2. The quantitative estimate of drug-likeness (QED) is 0.930. The van der Waals surface area contributed by atoms with E-state index in [9.17, 15) is 0 Å². The second kappa shape index (κ2) is 5.07. The van der Waals surface area contributed by atoms with Crippen LogP contribution in [0.25, 0.3) is 0 Å². The molecule has 1 aromatic carbocycles. The summed E-state index contributed by atoms with van der Waals surface area (Å²) in [5.74, 6) is 1.62. The Morgan fingerprint density at radius 3 is 2.78 bits per heavy atom. The van der Waals surface area contributed by atoms with Crippen molar-refractivity contribution in [2.45, 2.75) is 18.9 Å². The Labute approximate surface area is 115 Å². The van der Waals surface area contributed by atoms with Gasteiger partial charge in [-0.05, 0) is 59.6 Å². The molecule has 0 amide bonds. The fourth-order valence-corrected chi connectivity index (χ4v) is 3.30. The molecule has 1 atom stereocenters. The topological polar surface area (TPSA) is 47.7 Å². The molecule has 1 saturated heterocycles. The van der Waals surface area contributed by atoms with E-state index in [0.29, 0.717) is 13.3 Å². The molecule has 0 aromatic heterocycles. The molecule has 2 N–H and O–H groups in total. The molecule has 1 aromatic rings. The van der Waals surface area contributed by atoms with Gasteiger partial charge < -0.3 is 15.2 Å². The Bertz CT molecular complexity index is 447. The van der Waals surface area contributed by atoms with Crippen LogP contribution in [0.1, 0.15) is 24.4 Å². The lowest BCUT2D eigenvalue weighted by atomic mass is 10.0. The van der Waals surface area contributed by atoms with Crippen LogP contribution < -0.4 is 15.2 Å². The Kier molecular flexibility index (Phi) is 3.46. The molecule has 2 heterocycles. The van der Waals surface area contributed by atoms with Gasteiger partial charge in [0.05, 0.1) is 4.47 Å². The van der Waals surface area contributed by atoms with Crippen molar-refractivity contribution >= 4 is 15.9 Å². The summed E-state index contributed by atoms with van der Waals surface area (Å²) in [6, 6.07) is 4.44. The molecule has 18 heavy (non-hydrogen) atoms. The predicted molar refractivity (Wildman–Crippen MR) is 72.9 cm³/mol. The van der Waals surface area contributed by atoms with E-state index in [0.717, 1.165) is 29.1 Å². The van der Waals surface area contributed by atoms with Crippen molar-refractivity contribution in [2.24, 2.45) is 5.73 Å². The second-order valence-electron chi connectivity index (χ2n) is 4.73. The normalized spacial score (nSPS) is 20.3. The van der Waals surface area contributed by atoms with E-state index in [2.05, 4.69) is 33.0 Å². The van der Waals surface area contributed by atoms with E-state index >= 15 is 0 Å². The number of nitrogens with zero attached hydrogens (tertiary/aromatic N) is 1. The maximum absolute atomic E-state index is 5.95. The van der Waals surface area contributed by atoms with Crippen LogP contribution in [-0.2, 0) is 0 Å². The van der Waals surface area contributed by atoms with Gasteiger partial charge in [0, 0.05) is 12.6 Å². The average molecular weight is 313 g/mol. The van der Waals surface area contributed by atoms with Crippen LogP contribution in [-0.4, -0.2) is 31.3 Å². The van der Waals surface area contributed by atoms with Gasteiger partial charge in [0.25, 0.3) is 0 Å². The summed E-state index contributed by atoms with van der Waals surface area (Å²) in [5, 5.41) is 0. The predicted octanol–water partition coefficient (Wildman–Crippen LogP) is 2.27. The summed E-state index contributed by atoms with van der Waals surface area (Å²) in [7, 11) is 0. The van der Waals surface area contributed by atoms with Crippen LogP contribution in [0.4, 0.5) is 0 Å². The van der Waals surface area contributed by atoms with Crippen molar-refractivity contribution in [2.75, 3.05) is 26.4 Å². The Morgan fingerprint density at radius 1 is 1.28 bits per heavy atom. The van der Waals surface area contributed by atoms with E-state index < -0.39 is 0 Å². The lowest BCUT2D eigenvalue weighted by Gasteiger charge is -2.27. The van der Waals surface area contributed by atoms with Crippen molar-refractivity contribution in [1.82, 2.24) is 4.90 Å². The smallest absolute Gasteiger partial charge is 0.231 e. The Hall–Kier alpha value is -0.780. The number of nitrogens with two attached hydrogens (primary N) is 1. The van der Waals surface area contributed by atoms with E-state index in [1.807, 2.05) is 0 Å². The summed E-state index contributed by atoms with van der Waals surface area (Å²) in [4.78, 5) is 2.45. The average Bonchev–Trinajstić information content (AvgIpc) is 3.00. The van der Waals surface area contributed by atoms with Gasteiger partial charge in [0.15, 0.2) is 11.5 Å². The zero-order chi connectivity index (χ0) is 12.5. The Morgan fingerprint density at radius 2 is 2.06 bits per heavy atom. The van der Waals surface area contributed by atoms with Gasteiger partial charge in [-0.1, -0.05) is 0 Å². The molecule has 0 radical (unpaired) electrons. The highest BCUT2D eigenvalue weighted by molar-refractivity contribution is 9.10. The molecule has 0 spiro atoms. The fourth-order valence-electron chi connectivity index (χ4n) is 2.73. The summed E-state index contributed by atoms with van der Waals surface area (Å²) >= 11 is 3.54. The first-order valence-corrected chi connectivity index (χ1v) is 7.12. The second-order valence-corrected chi connectivity index (χ2v) is 5.59. The number of benzene rings is 1. The van der Waals surface area contributed by atoms with Crippen LogP contribution in [0.3, 0.4) is 0 Å². The highest BCUT2D eigenvalue weighted by atomic mass is 79.9. The SMILES string of the molecule is NCC(c1cc(Br)c2c(c1)OCO2)N1CCCC1. The number of halogens is 1. The highest BCUT2D eigenvalue weighted by Crippen LogP contribution is 2.42. The molecule has 0 saturated carbocycles. The summed E-state index contributed by atoms with van der Waals surface area (Å²) in [5.41, 5.74) is 7.16. The van der Waals surface area contributed by atoms with Crippen LogP contribution in [0.5, 0.6) is 11.5 Å². The van der Waals surface area contributed by atoms with Crippen molar-refractivity contribution in [3.8, 4) is 11.5 Å². The maximum atomic E-state index is 5.95. The largest absolute Gasteiger partial charge is 0.454 e. The van der Waals surface area contributed by atoms with Crippen LogP contribution in [0.15, 0.2) is 16.6 Å². The zero-order valence-electron chi connectivity index (χ0n) is 10.2. The minimum atomic E-state index is 0.276. The third-order valence-electron chi connectivity index (χ3n) is 3.64. The van der Waals surface area contributed by atoms with E-state index in [1.54, 1.807) is 0 Å². The van der Waals surface area contributed by atoms with Crippen molar-refractivity contribution in [3.63, 3.8) is 0 Å². The van der Waals surface area contributed by atoms with Gasteiger partial charge in [-0.2, -0.15) is 0 Å². The minimum absolute atomic E-state index is 0.276. The molecule has 1 fully saturated rings. The van der Waals surface area contributed by atoms with Gasteiger partial charge in [-0.25, -0.2) is 0 Å². The van der Waals surface area contributed by atoms with Crippen LogP contribution >= 0.6 is 15.9 Å². The van der Waals surface area contributed by atoms with Gasteiger partial charge in [0.1, 0.15) is 0 Å². The van der Waals surface area contributed by atoms with Gasteiger partial charge in [-0.15, -0.1) is 0 Å². The van der Waals surface area contributed by atoms with E-state index in [4.69, 9.17) is 15.2 Å². The molecule has 0 bridgehead atoms. The molecule has 98 valence electrons. The lowest BCUT2D eigenvalue weighted by Crippen LogP contribution is -2.31. The summed E-state index contributed by atoms with van der Waals surface area (Å²) in [6.07, 6.45) is 2.53. The summed E-state index contributed by atoms with van der Waals surface area (Å²) in [6.45, 7) is 3.20. The van der Waals surface area contributed by atoms with Crippen LogP contribution in [0, 0.1) is 0 Å². The third kappa shape index (κ3) is 2.11. The van der Waals surface area contributed by atoms with Crippen molar-refractivity contribution < 1.29 is 9.47 Å². The van der Waals surface area contributed by atoms with Gasteiger partial charge in [-0.3, -0.25) is 4.90 Å². The number of rotatable bonds is 3. The van der Waals surface area contributed by atoms with Gasteiger partial charge in [0.2, 0.25) is 6.79 Å². The highest BCUT2D eigenvalue weighted by Gasteiger charge is 2.26. The molecule has 5 heteroatoms. The number of hydrogen-bond acceptors (Lipinski definition) is 4. The van der Waals surface area contributed by atoms with Gasteiger partial charge >= 0.3 is 0 Å².